The third-order valence-electron chi connectivity index (χ3n) is 2.47. The number of esters is 1. The van der Waals surface area contributed by atoms with Gasteiger partial charge in [-0.3, -0.25) is 4.79 Å². The zero-order chi connectivity index (χ0) is 15.9. The summed E-state index contributed by atoms with van der Waals surface area (Å²) < 4.78 is 28.5. The van der Waals surface area contributed by atoms with Gasteiger partial charge in [0.15, 0.2) is 9.84 Å². The molecule has 1 aromatic rings. The average Bonchev–Trinajstić information content (AvgIpc) is 2.46. The minimum Gasteiger partial charge on any atom is -0.464 e. The first kappa shape index (κ1) is 16.9. The van der Waals surface area contributed by atoms with Crippen molar-refractivity contribution < 1.29 is 22.7 Å². The van der Waals surface area contributed by atoms with Gasteiger partial charge in [-0.05, 0) is 26.0 Å². The molecule has 1 N–H and O–H groups in total. The van der Waals surface area contributed by atoms with Gasteiger partial charge in [0.25, 0.3) is 0 Å². The van der Waals surface area contributed by atoms with Crippen molar-refractivity contribution in [1.82, 2.24) is 5.32 Å². The molecule has 0 saturated heterocycles. The minimum atomic E-state index is -3.68. The van der Waals surface area contributed by atoms with Gasteiger partial charge in [-0.2, -0.15) is 0 Å². The second-order valence-electron chi connectivity index (χ2n) is 4.14. The molecule has 0 aliphatic heterocycles. The molecule has 1 atom stereocenters. The summed E-state index contributed by atoms with van der Waals surface area (Å²) in [7, 11) is -3.68. The molecule has 0 bridgehead atoms. The van der Waals surface area contributed by atoms with E-state index in [1.165, 1.54) is 19.1 Å². The Morgan fingerprint density at radius 3 is 2.48 bits per heavy atom. The molecule has 1 amide bonds. The number of hydrogen-bond donors (Lipinski definition) is 1. The highest BCUT2D eigenvalue weighted by atomic mass is 32.2. The number of carbonyl (C=O) groups excluding carboxylic acids is 2. The normalized spacial score (nSPS) is 12.9. The molecule has 0 fully saturated rings. The molecule has 0 spiro atoms. The predicted octanol–water partition coefficient (Wildman–Crippen LogP) is 1.04. The van der Waals surface area contributed by atoms with E-state index in [2.05, 4.69) is 5.32 Å². The van der Waals surface area contributed by atoms with Gasteiger partial charge in [0.2, 0.25) is 5.91 Å². The van der Waals surface area contributed by atoms with E-state index in [1.54, 1.807) is 25.1 Å². The van der Waals surface area contributed by atoms with Gasteiger partial charge in [-0.1, -0.05) is 18.2 Å². The Hall–Kier alpha value is -2.15. The van der Waals surface area contributed by atoms with Crippen LogP contribution >= 0.6 is 0 Å². The number of amides is 1. The molecule has 7 heteroatoms. The molecular weight excluding hydrogens is 294 g/mol. The monoisotopic (exact) mass is 311 g/mol. The van der Waals surface area contributed by atoms with Gasteiger partial charge in [-0.25, -0.2) is 13.2 Å². The van der Waals surface area contributed by atoms with Crippen LogP contribution in [0, 0.1) is 0 Å². The molecule has 0 radical (unpaired) electrons. The lowest BCUT2D eigenvalue weighted by atomic mass is 10.3. The van der Waals surface area contributed by atoms with Crippen LogP contribution in [0.3, 0.4) is 0 Å². The zero-order valence-corrected chi connectivity index (χ0v) is 12.6. The van der Waals surface area contributed by atoms with Crippen LogP contribution < -0.4 is 5.32 Å². The van der Waals surface area contributed by atoms with Crippen LogP contribution in [-0.2, 0) is 24.2 Å². The lowest BCUT2D eigenvalue weighted by molar-refractivity contribution is -0.146. The van der Waals surface area contributed by atoms with Crippen LogP contribution in [0.4, 0.5) is 0 Å². The quantitative estimate of drug-likeness (QED) is 0.626. The Balaban J connectivity index is 2.68. The van der Waals surface area contributed by atoms with Gasteiger partial charge in [0.05, 0.1) is 11.5 Å². The largest absolute Gasteiger partial charge is 0.464 e. The first-order chi connectivity index (χ1) is 9.86. The number of ether oxygens (including phenoxy) is 1. The maximum atomic E-state index is 11.9. The van der Waals surface area contributed by atoms with Crippen molar-refractivity contribution in [2.24, 2.45) is 0 Å². The van der Waals surface area contributed by atoms with E-state index in [0.29, 0.717) is 0 Å². The third kappa shape index (κ3) is 5.39. The molecule has 0 saturated carbocycles. The average molecular weight is 311 g/mol. The first-order valence-electron chi connectivity index (χ1n) is 6.32. The van der Waals surface area contributed by atoms with Crippen LogP contribution in [0.1, 0.15) is 13.8 Å². The molecule has 1 unspecified atom stereocenters. The highest BCUT2D eigenvalue weighted by Gasteiger charge is 2.16. The third-order valence-corrected chi connectivity index (χ3v) is 3.89. The Morgan fingerprint density at radius 2 is 1.90 bits per heavy atom. The summed E-state index contributed by atoms with van der Waals surface area (Å²) in [6, 6.07) is 6.88. The van der Waals surface area contributed by atoms with Crippen molar-refractivity contribution in [3.8, 4) is 0 Å². The Kier molecular flexibility index (Phi) is 6.10. The number of nitrogens with one attached hydrogen (secondary N) is 1. The lowest BCUT2D eigenvalue weighted by Gasteiger charge is -2.10. The summed E-state index contributed by atoms with van der Waals surface area (Å²) in [4.78, 5) is 23.0. The molecule has 0 aliphatic rings. The second-order valence-corrected chi connectivity index (χ2v) is 5.98. The molecule has 114 valence electrons. The van der Waals surface area contributed by atoms with Crippen molar-refractivity contribution in [3.63, 3.8) is 0 Å². The van der Waals surface area contributed by atoms with E-state index in [1.807, 2.05) is 0 Å². The number of rotatable bonds is 6. The van der Waals surface area contributed by atoms with Crippen molar-refractivity contribution >= 4 is 21.7 Å². The van der Waals surface area contributed by atoms with Crippen molar-refractivity contribution in [3.05, 3.63) is 41.8 Å². The summed E-state index contributed by atoms with van der Waals surface area (Å²) in [5.74, 6) is -1.26. The number of benzene rings is 1. The van der Waals surface area contributed by atoms with E-state index in [-0.39, 0.29) is 11.5 Å². The SMILES string of the molecule is CCOC(=O)C(C)NC(=O)C=CS(=O)(=O)c1ccccc1. The van der Waals surface area contributed by atoms with Crippen LogP contribution in [0.5, 0.6) is 0 Å². The van der Waals surface area contributed by atoms with Crippen LogP contribution in [0.2, 0.25) is 0 Å². The van der Waals surface area contributed by atoms with Crippen LogP contribution in [-0.4, -0.2) is 32.9 Å². The van der Waals surface area contributed by atoms with Crippen molar-refractivity contribution in [2.75, 3.05) is 6.61 Å². The maximum Gasteiger partial charge on any atom is 0.328 e. The summed E-state index contributed by atoms with van der Waals surface area (Å²) in [5.41, 5.74) is 0. The highest BCUT2D eigenvalue weighted by Crippen LogP contribution is 2.10. The Morgan fingerprint density at radius 1 is 1.29 bits per heavy atom. The maximum absolute atomic E-state index is 11.9. The summed E-state index contributed by atoms with van der Waals surface area (Å²) in [6.45, 7) is 3.31. The first-order valence-corrected chi connectivity index (χ1v) is 7.87. The number of sulfone groups is 1. The number of hydrogen-bond acceptors (Lipinski definition) is 5. The van der Waals surface area contributed by atoms with Gasteiger partial charge in [0, 0.05) is 11.5 Å². The predicted molar refractivity (Wildman–Crippen MR) is 77.0 cm³/mol. The van der Waals surface area contributed by atoms with E-state index >= 15 is 0 Å². The molecule has 1 aromatic carbocycles. The molecule has 0 aromatic heterocycles. The summed E-state index contributed by atoms with van der Waals surface area (Å²) >= 11 is 0. The molecular formula is C14H17NO5S. The topological polar surface area (TPSA) is 89.5 Å². The van der Waals surface area contributed by atoms with Gasteiger partial charge in [0.1, 0.15) is 6.04 Å². The molecule has 1 rings (SSSR count). The summed E-state index contributed by atoms with van der Waals surface area (Å²) in [6.07, 6.45) is 0.873. The van der Waals surface area contributed by atoms with Gasteiger partial charge < -0.3 is 10.1 Å². The molecule has 6 nitrogen and oxygen atoms in total. The fraction of sp³-hybridized carbons (Fsp3) is 0.286. The number of carbonyl (C=O) groups is 2. The van der Waals surface area contributed by atoms with Crippen LogP contribution in [0.25, 0.3) is 0 Å². The van der Waals surface area contributed by atoms with E-state index in [0.717, 1.165) is 11.5 Å². The highest BCUT2D eigenvalue weighted by molar-refractivity contribution is 7.94. The standard InChI is InChI=1S/C14H17NO5S/c1-3-20-14(17)11(2)15-13(16)9-10-21(18,19)12-7-5-4-6-8-12/h4-11H,3H2,1-2H3,(H,15,16). The van der Waals surface area contributed by atoms with Gasteiger partial charge in [-0.15, -0.1) is 0 Å². The molecule has 21 heavy (non-hydrogen) atoms. The fourth-order valence-electron chi connectivity index (χ4n) is 1.43. The summed E-state index contributed by atoms with van der Waals surface area (Å²) in [5, 5.41) is 3.12. The zero-order valence-electron chi connectivity index (χ0n) is 11.8. The molecule has 0 aliphatic carbocycles. The van der Waals surface area contributed by atoms with Crippen LogP contribution in [0.15, 0.2) is 46.7 Å². The van der Waals surface area contributed by atoms with Crippen molar-refractivity contribution in [2.45, 2.75) is 24.8 Å². The van der Waals surface area contributed by atoms with E-state index < -0.39 is 27.8 Å². The second kappa shape index (κ2) is 7.58. The van der Waals surface area contributed by atoms with Gasteiger partial charge >= 0.3 is 5.97 Å². The van der Waals surface area contributed by atoms with E-state index in [9.17, 15) is 18.0 Å². The fourth-order valence-corrected chi connectivity index (χ4v) is 2.42. The van der Waals surface area contributed by atoms with Crippen molar-refractivity contribution in [1.29, 1.82) is 0 Å². The molecule has 0 heterocycles. The Bertz CT molecular complexity index is 622. The minimum absolute atomic E-state index is 0.0903. The Labute approximate surface area is 123 Å². The smallest absolute Gasteiger partial charge is 0.328 e. The van der Waals surface area contributed by atoms with E-state index in [4.69, 9.17) is 4.74 Å². The lowest BCUT2D eigenvalue weighted by Crippen LogP contribution is -2.38.